The number of rotatable bonds is 5. The van der Waals surface area contributed by atoms with Crippen LogP contribution in [0, 0.1) is 0 Å². The lowest BCUT2D eigenvalue weighted by atomic mass is 10.1. The van der Waals surface area contributed by atoms with E-state index in [1.807, 2.05) is 4.90 Å². The van der Waals surface area contributed by atoms with Crippen molar-refractivity contribution in [3.05, 3.63) is 11.6 Å². The van der Waals surface area contributed by atoms with Crippen molar-refractivity contribution < 1.29 is 14.3 Å². The van der Waals surface area contributed by atoms with Crippen LogP contribution in [-0.4, -0.2) is 50.1 Å². The number of esters is 1. The Morgan fingerprint density at radius 1 is 1.28 bits per heavy atom. The minimum Gasteiger partial charge on any atom is -0.466 e. The molecule has 0 unspecified atom stereocenters. The number of carbonyl (C=O) groups excluding carboxylic acids is 2. The number of amides is 1. The second-order valence-electron chi connectivity index (χ2n) is 4.45. The summed E-state index contributed by atoms with van der Waals surface area (Å²) in [5.41, 5.74) is 0.551. The molecule has 5 heteroatoms. The molecule has 1 heterocycles. The Labute approximate surface area is 108 Å². The summed E-state index contributed by atoms with van der Waals surface area (Å²) < 4.78 is 4.58. The van der Waals surface area contributed by atoms with Crippen LogP contribution in [0.5, 0.6) is 0 Å². The second kappa shape index (κ2) is 7.87. The zero-order chi connectivity index (χ0) is 13.4. The molecule has 0 aromatic carbocycles. The van der Waals surface area contributed by atoms with Gasteiger partial charge in [-0.15, -0.1) is 0 Å². The smallest absolute Gasteiger partial charge is 0.333 e. The highest BCUT2D eigenvalue weighted by atomic mass is 16.5. The molecule has 1 aliphatic heterocycles. The minimum atomic E-state index is -0.334. The summed E-state index contributed by atoms with van der Waals surface area (Å²) in [6.07, 6.45) is 5.16. The third kappa shape index (κ3) is 4.87. The van der Waals surface area contributed by atoms with E-state index in [1.165, 1.54) is 13.5 Å². The molecule has 0 bridgehead atoms. The predicted molar refractivity (Wildman–Crippen MR) is 69.1 cm³/mol. The molecular weight excluding hydrogens is 232 g/mol. The number of likely N-dealkylation sites (tertiary alicyclic amines) is 1. The topological polar surface area (TPSA) is 58.6 Å². The van der Waals surface area contributed by atoms with E-state index in [1.54, 1.807) is 13.0 Å². The molecule has 1 aliphatic rings. The third-order valence-electron chi connectivity index (χ3n) is 3.04. The number of nitrogens with one attached hydrogen (secondary N) is 1. The van der Waals surface area contributed by atoms with Crippen LogP contribution in [0.2, 0.25) is 0 Å². The van der Waals surface area contributed by atoms with Gasteiger partial charge in [0, 0.05) is 25.2 Å². The number of carbonyl (C=O) groups is 2. The Kier molecular flexibility index (Phi) is 6.43. The first-order valence-electron chi connectivity index (χ1n) is 6.38. The summed E-state index contributed by atoms with van der Waals surface area (Å²) in [6, 6.07) is 0. The van der Waals surface area contributed by atoms with Crippen molar-refractivity contribution in [3.63, 3.8) is 0 Å². The molecule has 1 N–H and O–H groups in total. The molecule has 102 valence electrons. The molecule has 0 aromatic rings. The normalized spacial score (nSPS) is 16.6. The van der Waals surface area contributed by atoms with Gasteiger partial charge in [-0.05, 0) is 26.2 Å². The Bertz CT molecular complexity index is 320. The van der Waals surface area contributed by atoms with Crippen molar-refractivity contribution in [2.24, 2.45) is 0 Å². The van der Waals surface area contributed by atoms with Crippen molar-refractivity contribution in [1.82, 2.24) is 10.2 Å². The van der Waals surface area contributed by atoms with E-state index in [2.05, 4.69) is 10.1 Å². The van der Waals surface area contributed by atoms with Crippen LogP contribution in [0.4, 0.5) is 0 Å². The zero-order valence-electron chi connectivity index (χ0n) is 11.2. The van der Waals surface area contributed by atoms with Gasteiger partial charge in [-0.1, -0.05) is 6.08 Å². The Balaban J connectivity index is 2.21. The molecule has 0 saturated carbocycles. The summed E-state index contributed by atoms with van der Waals surface area (Å²) >= 11 is 0. The molecule has 0 spiro atoms. The lowest BCUT2D eigenvalue weighted by Crippen LogP contribution is -2.41. The van der Waals surface area contributed by atoms with Gasteiger partial charge >= 0.3 is 5.97 Å². The zero-order valence-corrected chi connectivity index (χ0v) is 11.2. The third-order valence-corrected chi connectivity index (χ3v) is 3.04. The summed E-state index contributed by atoms with van der Waals surface area (Å²) in [6.45, 7) is 4.26. The highest BCUT2D eigenvalue weighted by molar-refractivity contribution is 5.87. The SMILES string of the molecule is COC(=O)C(C)=CCNCC(=O)N1CCCCC1. The van der Waals surface area contributed by atoms with Gasteiger partial charge in [-0.3, -0.25) is 4.79 Å². The van der Waals surface area contributed by atoms with Gasteiger partial charge < -0.3 is 15.0 Å². The van der Waals surface area contributed by atoms with Crippen molar-refractivity contribution >= 4 is 11.9 Å². The Morgan fingerprint density at radius 2 is 1.94 bits per heavy atom. The van der Waals surface area contributed by atoms with Crippen LogP contribution < -0.4 is 5.32 Å². The highest BCUT2D eigenvalue weighted by Crippen LogP contribution is 2.08. The van der Waals surface area contributed by atoms with Gasteiger partial charge in [0.25, 0.3) is 0 Å². The number of methoxy groups -OCH3 is 1. The maximum atomic E-state index is 11.8. The summed E-state index contributed by atoms with van der Waals surface area (Å²) in [5, 5.41) is 3.02. The van der Waals surface area contributed by atoms with E-state index in [0.717, 1.165) is 25.9 Å². The van der Waals surface area contributed by atoms with Crippen LogP contribution in [0.1, 0.15) is 26.2 Å². The monoisotopic (exact) mass is 254 g/mol. The van der Waals surface area contributed by atoms with E-state index in [9.17, 15) is 9.59 Å². The van der Waals surface area contributed by atoms with Gasteiger partial charge in [-0.2, -0.15) is 0 Å². The summed E-state index contributed by atoms with van der Waals surface area (Å²) in [5.74, 6) is -0.196. The fourth-order valence-electron chi connectivity index (χ4n) is 1.90. The van der Waals surface area contributed by atoms with Crippen molar-refractivity contribution in [3.8, 4) is 0 Å². The quantitative estimate of drug-likeness (QED) is 0.446. The van der Waals surface area contributed by atoms with E-state index >= 15 is 0 Å². The number of hydrogen-bond acceptors (Lipinski definition) is 4. The maximum Gasteiger partial charge on any atom is 0.333 e. The fraction of sp³-hybridized carbons (Fsp3) is 0.692. The molecule has 0 atom stereocenters. The van der Waals surface area contributed by atoms with E-state index in [4.69, 9.17) is 0 Å². The van der Waals surface area contributed by atoms with Crippen LogP contribution in [0.25, 0.3) is 0 Å². The summed E-state index contributed by atoms with van der Waals surface area (Å²) in [7, 11) is 1.35. The number of hydrogen-bond donors (Lipinski definition) is 1. The Morgan fingerprint density at radius 3 is 2.56 bits per heavy atom. The lowest BCUT2D eigenvalue weighted by molar-refractivity contribution is -0.136. The molecule has 1 amide bonds. The fourth-order valence-corrected chi connectivity index (χ4v) is 1.90. The van der Waals surface area contributed by atoms with E-state index in [0.29, 0.717) is 18.7 Å². The second-order valence-corrected chi connectivity index (χ2v) is 4.45. The molecule has 1 fully saturated rings. The molecule has 1 rings (SSSR count). The Hall–Kier alpha value is -1.36. The van der Waals surface area contributed by atoms with Gasteiger partial charge in [0.15, 0.2) is 0 Å². The van der Waals surface area contributed by atoms with Crippen molar-refractivity contribution in [1.29, 1.82) is 0 Å². The average Bonchev–Trinajstić information content (AvgIpc) is 2.43. The molecule has 0 radical (unpaired) electrons. The highest BCUT2D eigenvalue weighted by Gasteiger charge is 2.15. The number of piperidine rings is 1. The number of ether oxygens (including phenoxy) is 1. The standard InChI is InChI=1S/C13H22N2O3/c1-11(13(17)18-2)6-7-14-10-12(16)15-8-4-3-5-9-15/h6,14H,3-5,7-10H2,1-2H3. The van der Waals surface area contributed by atoms with Gasteiger partial charge in [0.1, 0.15) is 0 Å². The van der Waals surface area contributed by atoms with E-state index < -0.39 is 0 Å². The van der Waals surface area contributed by atoms with Gasteiger partial charge in [0.05, 0.1) is 13.7 Å². The van der Waals surface area contributed by atoms with E-state index in [-0.39, 0.29) is 11.9 Å². The predicted octanol–water partition coefficient (Wildman–Crippen LogP) is 0.708. The van der Waals surface area contributed by atoms with Crippen LogP contribution in [0.3, 0.4) is 0 Å². The molecule has 5 nitrogen and oxygen atoms in total. The first-order valence-corrected chi connectivity index (χ1v) is 6.38. The average molecular weight is 254 g/mol. The van der Waals surface area contributed by atoms with Crippen LogP contribution in [0.15, 0.2) is 11.6 Å². The first-order chi connectivity index (χ1) is 8.65. The van der Waals surface area contributed by atoms with Crippen LogP contribution >= 0.6 is 0 Å². The van der Waals surface area contributed by atoms with Crippen molar-refractivity contribution in [2.75, 3.05) is 33.3 Å². The molecule has 0 aromatic heterocycles. The van der Waals surface area contributed by atoms with Crippen LogP contribution in [-0.2, 0) is 14.3 Å². The molecular formula is C13H22N2O3. The lowest BCUT2D eigenvalue weighted by Gasteiger charge is -2.26. The van der Waals surface area contributed by atoms with Gasteiger partial charge in [0.2, 0.25) is 5.91 Å². The number of nitrogens with zero attached hydrogens (tertiary/aromatic N) is 1. The molecule has 1 saturated heterocycles. The minimum absolute atomic E-state index is 0.138. The molecule has 18 heavy (non-hydrogen) atoms. The van der Waals surface area contributed by atoms with Gasteiger partial charge in [-0.25, -0.2) is 4.79 Å². The maximum absolute atomic E-state index is 11.8. The summed E-state index contributed by atoms with van der Waals surface area (Å²) in [4.78, 5) is 24.8. The molecule has 0 aliphatic carbocycles. The largest absolute Gasteiger partial charge is 0.466 e. The first kappa shape index (κ1) is 14.7. The van der Waals surface area contributed by atoms with Crippen molar-refractivity contribution in [2.45, 2.75) is 26.2 Å².